The Kier molecular flexibility index (Phi) is 3.49. The summed E-state index contributed by atoms with van der Waals surface area (Å²) < 4.78 is 19.6. The Labute approximate surface area is 124 Å². The molecule has 0 unspecified atom stereocenters. The number of furan rings is 1. The summed E-state index contributed by atoms with van der Waals surface area (Å²) in [6, 6.07) is 7.62. The van der Waals surface area contributed by atoms with E-state index in [1.807, 2.05) is 24.3 Å². The number of methoxy groups -OCH3 is 1. The van der Waals surface area contributed by atoms with E-state index in [0.29, 0.717) is 0 Å². The van der Waals surface area contributed by atoms with Crippen molar-refractivity contribution in [3.8, 4) is 5.88 Å². The minimum Gasteiger partial charge on any atom is -0.472 e. The molecule has 3 rings (SSSR count). The predicted molar refractivity (Wildman–Crippen MR) is 78.4 cm³/mol. The van der Waals surface area contributed by atoms with Crippen LogP contribution in [0.5, 0.6) is 5.88 Å². The highest BCUT2D eigenvalue weighted by atomic mass is 32.1. The molecule has 108 valence electrons. The van der Waals surface area contributed by atoms with E-state index in [1.165, 1.54) is 7.11 Å². The maximum absolute atomic E-state index is 11.6. The summed E-state index contributed by atoms with van der Waals surface area (Å²) >= 11 is 0.997. The first-order valence-electron chi connectivity index (χ1n) is 6.11. The molecule has 0 saturated heterocycles. The summed E-state index contributed by atoms with van der Waals surface area (Å²) in [7, 11) is 1.29. The largest absolute Gasteiger partial charge is 0.472 e. The van der Waals surface area contributed by atoms with Gasteiger partial charge in [-0.3, -0.25) is 0 Å². The van der Waals surface area contributed by atoms with E-state index in [2.05, 4.69) is 9.11 Å². The number of ether oxygens (including phenoxy) is 2. The van der Waals surface area contributed by atoms with Gasteiger partial charge in [0.25, 0.3) is 0 Å². The summed E-state index contributed by atoms with van der Waals surface area (Å²) in [6.45, 7) is 0.254. The Morgan fingerprint density at radius 3 is 3.10 bits per heavy atom. The van der Waals surface area contributed by atoms with Crippen LogP contribution in [0.1, 0.15) is 15.9 Å². The maximum atomic E-state index is 11.6. The van der Waals surface area contributed by atoms with E-state index in [4.69, 9.17) is 14.9 Å². The molecule has 0 radical (unpaired) electrons. The van der Waals surface area contributed by atoms with Crippen molar-refractivity contribution in [3.05, 3.63) is 41.7 Å². The number of anilines is 1. The number of carbonyl (C=O) groups excluding carboxylic acids is 1. The average Bonchev–Trinajstić information content (AvgIpc) is 3.10. The lowest BCUT2D eigenvalue weighted by atomic mass is 10.2. The fraction of sp³-hybridized carbons (Fsp3) is 0.143. The number of esters is 1. The third-order valence-electron chi connectivity index (χ3n) is 2.97. The van der Waals surface area contributed by atoms with Crippen LogP contribution in [-0.4, -0.2) is 17.5 Å². The smallest absolute Gasteiger partial charge is 0.346 e. The van der Waals surface area contributed by atoms with E-state index >= 15 is 0 Å². The fourth-order valence-corrected chi connectivity index (χ4v) is 2.50. The maximum Gasteiger partial charge on any atom is 0.346 e. The predicted octanol–water partition coefficient (Wildman–Crippen LogP) is 2.84. The minimum atomic E-state index is -0.558. The zero-order valence-corrected chi connectivity index (χ0v) is 12.0. The molecule has 0 aliphatic heterocycles. The van der Waals surface area contributed by atoms with E-state index in [9.17, 15) is 4.79 Å². The van der Waals surface area contributed by atoms with Crippen LogP contribution in [0.3, 0.4) is 0 Å². The van der Waals surface area contributed by atoms with Gasteiger partial charge in [-0.1, -0.05) is 12.1 Å². The first kappa shape index (κ1) is 13.4. The molecular weight excluding hydrogens is 292 g/mol. The van der Waals surface area contributed by atoms with Gasteiger partial charge in [-0.2, -0.15) is 4.37 Å². The summed E-state index contributed by atoms with van der Waals surface area (Å²) in [4.78, 5) is 11.6. The van der Waals surface area contributed by atoms with Crippen LogP contribution in [0.4, 0.5) is 5.00 Å². The Morgan fingerprint density at radius 1 is 1.43 bits per heavy atom. The minimum absolute atomic E-state index is 0.168. The van der Waals surface area contributed by atoms with Crippen molar-refractivity contribution in [1.29, 1.82) is 0 Å². The SMILES string of the molecule is COC(=O)c1c(OCc2ccc3ccoc3c2)nsc1N. The van der Waals surface area contributed by atoms with Crippen molar-refractivity contribution in [2.45, 2.75) is 6.61 Å². The third kappa shape index (κ3) is 2.55. The van der Waals surface area contributed by atoms with E-state index in [1.54, 1.807) is 6.26 Å². The fourth-order valence-electron chi connectivity index (χ4n) is 1.92. The molecule has 21 heavy (non-hydrogen) atoms. The van der Waals surface area contributed by atoms with Crippen LogP contribution in [0.2, 0.25) is 0 Å². The van der Waals surface area contributed by atoms with E-state index in [0.717, 1.165) is 28.1 Å². The lowest BCUT2D eigenvalue weighted by molar-refractivity contribution is 0.0597. The normalized spacial score (nSPS) is 10.7. The van der Waals surface area contributed by atoms with Crippen LogP contribution >= 0.6 is 11.5 Å². The zero-order valence-electron chi connectivity index (χ0n) is 11.2. The second kappa shape index (κ2) is 5.45. The van der Waals surface area contributed by atoms with Crippen molar-refractivity contribution < 1.29 is 18.7 Å². The van der Waals surface area contributed by atoms with Crippen molar-refractivity contribution in [1.82, 2.24) is 4.37 Å². The number of nitrogens with zero attached hydrogens (tertiary/aromatic N) is 1. The molecular formula is C14H12N2O4S. The number of hydrogen-bond donors (Lipinski definition) is 1. The average molecular weight is 304 g/mol. The van der Waals surface area contributed by atoms with Crippen molar-refractivity contribution in [3.63, 3.8) is 0 Å². The van der Waals surface area contributed by atoms with Gasteiger partial charge in [0.15, 0.2) is 5.56 Å². The first-order valence-corrected chi connectivity index (χ1v) is 6.89. The standard InChI is InChI=1S/C14H12N2O4S/c1-18-14(17)11-12(15)21-16-13(11)20-7-8-2-3-9-4-5-19-10(9)6-8/h2-6H,7,15H2,1H3. The lowest BCUT2D eigenvalue weighted by Crippen LogP contribution is -2.06. The molecule has 0 saturated carbocycles. The highest BCUT2D eigenvalue weighted by molar-refractivity contribution is 7.10. The second-order valence-electron chi connectivity index (χ2n) is 4.30. The van der Waals surface area contributed by atoms with Crippen molar-refractivity contribution in [2.24, 2.45) is 0 Å². The number of hydrogen-bond acceptors (Lipinski definition) is 7. The first-order chi connectivity index (χ1) is 10.2. The lowest BCUT2D eigenvalue weighted by Gasteiger charge is -2.05. The van der Waals surface area contributed by atoms with Crippen LogP contribution in [0.15, 0.2) is 34.9 Å². The molecule has 0 aliphatic rings. The van der Waals surface area contributed by atoms with Gasteiger partial charge in [0.1, 0.15) is 17.2 Å². The highest BCUT2D eigenvalue weighted by Gasteiger charge is 2.21. The van der Waals surface area contributed by atoms with Gasteiger partial charge in [-0.05, 0) is 29.2 Å². The molecule has 0 spiro atoms. The molecule has 7 heteroatoms. The number of nitrogens with two attached hydrogens (primary N) is 1. The van der Waals surface area contributed by atoms with Gasteiger partial charge < -0.3 is 19.6 Å². The van der Waals surface area contributed by atoms with Crippen molar-refractivity contribution in [2.75, 3.05) is 12.8 Å². The molecule has 0 bridgehead atoms. The molecule has 0 amide bonds. The van der Waals surface area contributed by atoms with E-state index < -0.39 is 5.97 Å². The summed E-state index contributed by atoms with van der Waals surface area (Å²) in [5.74, 6) is -0.373. The number of nitrogen functional groups attached to an aromatic ring is 1. The topological polar surface area (TPSA) is 87.6 Å². The monoisotopic (exact) mass is 304 g/mol. The van der Waals surface area contributed by atoms with Gasteiger partial charge in [-0.15, -0.1) is 0 Å². The molecule has 3 aromatic rings. The van der Waals surface area contributed by atoms with Crippen LogP contribution in [0.25, 0.3) is 11.0 Å². The van der Waals surface area contributed by atoms with Gasteiger partial charge in [0.05, 0.1) is 13.4 Å². The summed E-state index contributed by atoms with van der Waals surface area (Å²) in [6.07, 6.45) is 1.63. The Bertz CT molecular complexity index is 793. The highest BCUT2D eigenvalue weighted by Crippen LogP contribution is 2.29. The van der Waals surface area contributed by atoms with Crippen LogP contribution in [0, 0.1) is 0 Å². The summed E-state index contributed by atoms with van der Waals surface area (Å²) in [5.41, 5.74) is 7.56. The number of benzene rings is 1. The van der Waals surface area contributed by atoms with Gasteiger partial charge in [0, 0.05) is 5.39 Å². The Balaban J connectivity index is 1.79. The number of carbonyl (C=O) groups is 1. The molecule has 2 N–H and O–H groups in total. The molecule has 0 aliphatic carbocycles. The third-order valence-corrected chi connectivity index (χ3v) is 3.63. The van der Waals surface area contributed by atoms with Gasteiger partial charge in [0.2, 0.25) is 5.88 Å². The van der Waals surface area contributed by atoms with Crippen LogP contribution in [-0.2, 0) is 11.3 Å². The molecule has 0 atom stereocenters. The molecule has 2 aromatic heterocycles. The molecule has 6 nitrogen and oxygen atoms in total. The Morgan fingerprint density at radius 2 is 2.29 bits per heavy atom. The number of aromatic nitrogens is 1. The van der Waals surface area contributed by atoms with Gasteiger partial charge >= 0.3 is 5.97 Å². The Hall–Kier alpha value is -2.54. The molecule has 2 heterocycles. The molecule has 0 fully saturated rings. The van der Waals surface area contributed by atoms with Crippen LogP contribution < -0.4 is 10.5 Å². The van der Waals surface area contributed by atoms with E-state index in [-0.39, 0.29) is 23.1 Å². The second-order valence-corrected chi connectivity index (χ2v) is 5.10. The zero-order chi connectivity index (χ0) is 14.8. The summed E-state index contributed by atoms with van der Waals surface area (Å²) in [5, 5.41) is 1.30. The quantitative estimate of drug-likeness (QED) is 0.746. The van der Waals surface area contributed by atoms with Crippen molar-refractivity contribution >= 4 is 33.5 Å². The molecule has 1 aromatic carbocycles. The number of rotatable bonds is 4. The number of fused-ring (bicyclic) bond motifs is 1. The van der Waals surface area contributed by atoms with Gasteiger partial charge in [-0.25, -0.2) is 4.79 Å².